The Bertz CT molecular complexity index is 770. The molecule has 1 unspecified atom stereocenters. The molecule has 0 saturated carbocycles. The van der Waals surface area contributed by atoms with Gasteiger partial charge in [0.1, 0.15) is 11.8 Å². The van der Waals surface area contributed by atoms with Crippen LogP contribution in [0.1, 0.15) is 29.3 Å². The molecule has 0 aliphatic heterocycles. The third-order valence-electron chi connectivity index (χ3n) is 3.74. The summed E-state index contributed by atoms with van der Waals surface area (Å²) in [6, 6.07) is 4.61. The highest BCUT2D eigenvalue weighted by Crippen LogP contribution is 2.31. The number of nitrogens with one attached hydrogen (secondary N) is 1. The number of rotatable bonds is 1. The Kier molecular flexibility index (Phi) is 3.14. The molecule has 1 aromatic carbocycles. The van der Waals surface area contributed by atoms with Crippen molar-refractivity contribution in [2.24, 2.45) is 0 Å². The number of nitrogens with zero attached hydrogens (tertiary/aromatic N) is 2. The van der Waals surface area contributed by atoms with Gasteiger partial charge in [-0.2, -0.15) is 5.26 Å². The van der Waals surface area contributed by atoms with Crippen molar-refractivity contribution >= 4 is 12.2 Å². The fourth-order valence-electron chi connectivity index (χ4n) is 2.78. The molecule has 0 fully saturated rings. The lowest BCUT2D eigenvalue weighted by Gasteiger charge is -2.26. The first-order valence-corrected chi connectivity index (χ1v) is 6.68. The number of aromatic nitrogens is 2. The summed E-state index contributed by atoms with van der Waals surface area (Å²) in [6.07, 6.45) is 3.52. The van der Waals surface area contributed by atoms with Gasteiger partial charge in [0.2, 0.25) is 0 Å². The highest BCUT2D eigenvalue weighted by atomic mass is 32.1. The Balaban J connectivity index is 2.00. The van der Waals surface area contributed by atoms with E-state index in [9.17, 15) is 8.78 Å². The van der Waals surface area contributed by atoms with Crippen LogP contribution in [0.4, 0.5) is 8.78 Å². The molecule has 1 atom stereocenters. The number of hydrogen-bond acceptors (Lipinski definition) is 2. The van der Waals surface area contributed by atoms with E-state index in [1.54, 1.807) is 10.8 Å². The molecule has 102 valence electrons. The molecule has 1 N–H and O–H groups in total. The molecule has 1 heterocycles. The molecule has 1 aromatic heterocycles. The first-order valence-electron chi connectivity index (χ1n) is 6.27. The zero-order chi connectivity index (χ0) is 14.3. The van der Waals surface area contributed by atoms with Gasteiger partial charge in [-0.1, -0.05) is 0 Å². The van der Waals surface area contributed by atoms with E-state index in [0.717, 1.165) is 17.5 Å². The van der Waals surface area contributed by atoms with Gasteiger partial charge in [0.05, 0.1) is 0 Å². The van der Waals surface area contributed by atoms with Crippen molar-refractivity contribution in [3.8, 4) is 6.07 Å². The summed E-state index contributed by atoms with van der Waals surface area (Å²) in [5, 5.41) is 9.09. The largest absolute Gasteiger partial charge is 0.336 e. The molecule has 2 aromatic rings. The van der Waals surface area contributed by atoms with Crippen LogP contribution < -0.4 is 0 Å². The van der Waals surface area contributed by atoms with Gasteiger partial charge in [0, 0.05) is 12.2 Å². The number of H-pyrrole nitrogens is 1. The summed E-state index contributed by atoms with van der Waals surface area (Å²) in [5.74, 6) is -1.64. The molecule has 0 radical (unpaired) electrons. The second kappa shape index (κ2) is 4.84. The van der Waals surface area contributed by atoms with Crippen molar-refractivity contribution in [1.82, 2.24) is 9.55 Å². The summed E-state index contributed by atoms with van der Waals surface area (Å²) in [4.78, 5) is 2.85. The van der Waals surface area contributed by atoms with E-state index >= 15 is 0 Å². The zero-order valence-electron chi connectivity index (χ0n) is 10.5. The summed E-state index contributed by atoms with van der Waals surface area (Å²) >= 11 is 5.19. The summed E-state index contributed by atoms with van der Waals surface area (Å²) in [5.41, 5.74) is 2.08. The van der Waals surface area contributed by atoms with Crippen LogP contribution in [0.2, 0.25) is 0 Å². The van der Waals surface area contributed by atoms with Crippen LogP contribution in [0, 0.1) is 27.7 Å². The maximum absolute atomic E-state index is 13.3. The van der Waals surface area contributed by atoms with Crippen molar-refractivity contribution in [2.45, 2.75) is 25.3 Å². The van der Waals surface area contributed by atoms with Crippen LogP contribution in [0.3, 0.4) is 0 Å². The second-order valence-corrected chi connectivity index (χ2v) is 5.28. The van der Waals surface area contributed by atoms with Crippen LogP contribution in [-0.4, -0.2) is 9.55 Å². The van der Waals surface area contributed by atoms with E-state index < -0.39 is 11.6 Å². The maximum atomic E-state index is 13.3. The predicted octanol–water partition coefficient (Wildman–Crippen LogP) is 3.43. The van der Waals surface area contributed by atoms with E-state index in [0.29, 0.717) is 23.3 Å². The molecule has 0 saturated heterocycles. The van der Waals surface area contributed by atoms with Crippen molar-refractivity contribution in [3.05, 3.63) is 51.6 Å². The average Bonchev–Trinajstić information content (AvgIpc) is 2.81. The number of aromatic amines is 1. The van der Waals surface area contributed by atoms with E-state index in [2.05, 4.69) is 11.1 Å². The van der Waals surface area contributed by atoms with Gasteiger partial charge in [0.15, 0.2) is 16.4 Å². The molecule has 0 spiro atoms. The number of aryl methyl sites for hydroxylation is 1. The molecule has 3 rings (SSSR count). The summed E-state index contributed by atoms with van der Waals surface area (Å²) < 4.78 is 28.8. The second-order valence-electron chi connectivity index (χ2n) is 4.89. The van der Waals surface area contributed by atoms with Gasteiger partial charge in [0.25, 0.3) is 0 Å². The first-order chi connectivity index (χ1) is 9.60. The van der Waals surface area contributed by atoms with Gasteiger partial charge >= 0.3 is 0 Å². The number of halogens is 2. The first kappa shape index (κ1) is 13.0. The highest BCUT2D eigenvalue weighted by Gasteiger charge is 2.24. The maximum Gasteiger partial charge on any atom is 0.178 e. The van der Waals surface area contributed by atoms with Crippen molar-refractivity contribution < 1.29 is 8.78 Å². The van der Waals surface area contributed by atoms with E-state index in [1.165, 1.54) is 12.1 Å². The molecular formula is C14H11F2N3S. The molecular weight excluding hydrogens is 280 g/mol. The molecule has 6 heteroatoms. The predicted molar refractivity (Wildman–Crippen MR) is 71.8 cm³/mol. The van der Waals surface area contributed by atoms with Gasteiger partial charge < -0.3 is 9.55 Å². The monoisotopic (exact) mass is 291 g/mol. The van der Waals surface area contributed by atoms with E-state index in [4.69, 9.17) is 17.5 Å². The van der Waals surface area contributed by atoms with Crippen LogP contribution in [0.5, 0.6) is 0 Å². The third-order valence-corrected chi connectivity index (χ3v) is 4.05. The number of nitriles is 1. The number of hydrogen-bond donors (Lipinski definition) is 1. The van der Waals surface area contributed by atoms with Gasteiger partial charge in [-0.15, -0.1) is 0 Å². The Morgan fingerprint density at radius 3 is 2.70 bits per heavy atom. The zero-order valence-corrected chi connectivity index (χ0v) is 11.3. The molecule has 1 aliphatic carbocycles. The lowest BCUT2D eigenvalue weighted by Crippen LogP contribution is -2.20. The molecule has 0 bridgehead atoms. The molecule has 0 amide bonds. The minimum absolute atomic E-state index is 0.000705. The quantitative estimate of drug-likeness (QED) is 0.818. The van der Waals surface area contributed by atoms with Crippen molar-refractivity contribution in [1.29, 1.82) is 5.26 Å². The van der Waals surface area contributed by atoms with Gasteiger partial charge in [-0.05, 0) is 54.7 Å². The Hall–Kier alpha value is -2.00. The standard InChI is InChI=1S/C14H11F2N3S/c15-12-4-8-1-2-10(3-9(8)5-13(12)16)19-11(6-17)7-18-14(19)20/h4-5,7,10H,1-3H2,(H,18,20). The van der Waals surface area contributed by atoms with Crippen LogP contribution in [0.15, 0.2) is 18.3 Å². The number of fused-ring (bicyclic) bond motifs is 1. The van der Waals surface area contributed by atoms with Gasteiger partial charge in [-0.25, -0.2) is 8.78 Å². The molecule has 1 aliphatic rings. The summed E-state index contributed by atoms with van der Waals surface area (Å²) in [7, 11) is 0. The third kappa shape index (κ3) is 2.04. The molecule has 20 heavy (non-hydrogen) atoms. The fraction of sp³-hybridized carbons (Fsp3) is 0.286. The topological polar surface area (TPSA) is 44.5 Å². The lowest BCUT2D eigenvalue weighted by molar-refractivity contribution is 0.428. The average molecular weight is 291 g/mol. The number of benzene rings is 1. The molecule has 3 nitrogen and oxygen atoms in total. The van der Waals surface area contributed by atoms with Crippen LogP contribution in [0.25, 0.3) is 0 Å². The smallest absolute Gasteiger partial charge is 0.178 e. The minimum Gasteiger partial charge on any atom is -0.336 e. The Morgan fingerprint density at radius 1 is 1.30 bits per heavy atom. The van der Waals surface area contributed by atoms with Crippen LogP contribution in [-0.2, 0) is 12.8 Å². The highest BCUT2D eigenvalue weighted by molar-refractivity contribution is 7.71. The lowest BCUT2D eigenvalue weighted by atomic mass is 9.88. The van der Waals surface area contributed by atoms with Crippen molar-refractivity contribution in [2.75, 3.05) is 0 Å². The van der Waals surface area contributed by atoms with Crippen LogP contribution >= 0.6 is 12.2 Å². The Morgan fingerprint density at radius 2 is 2.00 bits per heavy atom. The SMILES string of the molecule is N#Cc1c[nH]c(=S)n1C1CCc2cc(F)c(F)cc2C1. The fourth-order valence-corrected chi connectivity index (χ4v) is 3.08. The van der Waals surface area contributed by atoms with Crippen molar-refractivity contribution in [3.63, 3.8) is 0 Å². The number of imidazole rings is 1. The van der Waals surface area contributed by atoms with E-state index in [1.807, 2.05) is 0 Å². The normalized spacial score (nSPS) is 17.6. The summed E-state index contributed by atoms with van der Waals surface area (Å²) in [6.45, 7) is 0. The minimum atomic E-state index is -0.831. The van der Waals surface area contributed by atoms with E-state index in [-0.39, 0.29) is 6.04 Å². The van der Waals surface area contributed by atoms with Gasteiger partial charge in [-0.3, -0.25) is 0 Å². The Labute approximate surface area is 119 Å².